The fourth-order valence-electron chi connectivity index (χ4n) is 2.59. The Morgan fingerprint density at radius 3 is 3.05 bits per heavy atom. The lowest BCUT2D eigenvalue weighted by Gasteiger charge is -2.12. The van der Waals surface area contributed by atoms with Crippen LogP contribution < -0.4 is 11.1 Å². The first kappa shape index (κ1) is 14.8. The van der Waals surface area contributed by atoms with Gasteiger partial charge in [-0.25, -0.2) is 4.99 Å². The molecule has 1 unspecified atom stereocenters. The van der Waals surface area contributed by atoms with Crippen molar-refractivity contribution in [1.29, 1.82) is 0 Å². The van der Waals surface area contributed by atoms with Crippen molar-refractivity contribution < 1.29 is 4.74 Å². The maximum Gasteiger partial charge on any atom is 0.189 e. The van der Waals surface area contributed by atoms with Crippen LogP contribution in [0.15, 0.2) is 17.3 Å². The summed E-state index contributed by atoms with van der Waals surface area (Å²) < 4.78 is 7.12. The highest BCUT2D eigenvalue weighted by molar-refractivity contribution is 5.78. The lowest BCUT2D eigenvalue weighted by atomic mass is 10.3. The highest BCUT2D eigenvalue weighted by Crippen LogP contribution is 2.28. The molecule has 1 saturated carbocycles. The third-order valence-corrected chi connectivity index (χ3v) is 3.58. The molecule has 1 atom stereocenters. The molecule has 1 aliphatic carbocycles. The molecule has 0 aromatic carbocycles. The fourth-order valence-corrected chi connectivity index (χ4v) is 2.59. The Morgan fingerprint density at radius 2 is 2.35 bits per heavy atom. The molecule has 0 aliphatic heterocycles. The summed E-state index contributed by atoms with van der Waals surface area (Å²) in [6.45, 7) is 3.12. The molecule has 1 aromatic heterocycles. The van der Waals surface area contributed by atoms with Crippen LogP contribution in [0.5, 0.6) is 0 Å². The normalized spacial score (nSPS) is 18.4. The lowest BCUT2D eigenvalue weighted by Crippen LogP contribution is -2.40. The summed E-state index contributed by atoms with van der Waals surface area (Å²) in [4.78, 5) is 4.31. The molecular weight excluding hydrogens is 254 g/mol. The highest BCUT2D eigenvalue weighted by Gasteiger charge is 2.17. The van der Waals surface area contributed by atoms with E-state index < -0.39 is 0 Å². The van der Waals surface area contributed by atoms with Gasteiger partial charge < -0.3 is 15.8 Å². The first-order chi connectivity index (χ1) is 9.69. The molecule has 3 N–H and O–H groups in total. The molecule has 0 spiro atoms. The number of nitrogens with zero attached hydrogens (tertiary/aromatic N) is 3. The fraction of sp³-hybridized carbons (Fsp3) is 0.714. The van der Waals surface area contributed by atoms with Gasteiger partial charge in [0.1, 0.15) is 0 Å². The van der Waals surface area contributed by atoms with E-state index in [1.807, 2.05) is 13.0 Å². The Balaban J connectivity index is 1.83. The summed E-state index contributed by atoms with van der Waals surface area (Å²) >= 11 is 0. The quantitative estimate of drug-likeness (QED) is 0.610. The Hall–Kier alpha value is -1.56. The summed E-state index contributed by atoms with van der Waals surface area (Å²) in [6, 6.07) is 2.75. The third kappa shape index (κ3) is 4.23. The van der Waals surface area contributed by atoms with Crippen LogP contribution in [0.1, 0.15) is 44.3 Å². The van der Waals surface area contributed by atoms with Gasteiger partial charge in [0.25, 0.3) is 0 Å². The lowest BCUT2D eigenvalue weighted by molar-refractivity contribution is 0.179. The molecule has 0 bridgehead atoms. The number of guanidine groups is 1. The van der Waals surface area contributed by atoms with E-state index in [2.05, 4.69) is 26.3 Å². The number of methoxy groups -OCH3 is 1. The average molecular weight is 279 g/mol. The average Bonchev–Trinajstić information content (AvgIpc) is 3.07. The van der Waals surface area contributed by atoms with E-state index >= 15 is 0 Å². The van der Waals surface area contributed by atoms with Gasteiger partial charge in [-0.1, -0.05) is 12.8 Å². The van der Waals surface area contributed by atoms with E-state index in [4.69, 9.17) is 10.5 Å². The number of aromatic nitrogens is 2. The number of nitrogens with one attached hydrogen (secondary N) is 1. The highest BCUT2D eigenvalue weighted by atomic mass is 16.5. The number of rotatable bonds is 6. The Labute approximate surface area is 120 Å². The molecule has 6 nitrogen and oxygen atoms in total. The molecule has 1 fully saturated rings. The van der Waals surface area contributed by atoms with Gasteiger partial charge in [0.05, 0.1) is 24.9 Å². The first-order valence-corrected chi connectivity index (χ1v) is 7.28. The Kier molecular flexibility index (Phi) is 5.40. The zero-order chi connectivity index (χ0) is 14.4. The Morgan fingerprint density at radius 1 is 1.60 bits per heavy atom. The molecule has 1 heterocycles. The van der Waals surface area contributed by atoms with Crippen molar-refractivity contribution >= 4 is 5.96 Å². The predicted octanol–water partition coefficient (Wildman–Crippen LogP) is 1.44. The van der Waals surface area contributed by atoms with Gasteiger partial charge >= 0.3 is 0 Å². The number of hydrogen-bond donors (Lipinski definition) is 2. The zero-order valence-electron chi connectivity index (χ0n) is 12.4. The minimum absolute atomic E-state index is 0.153. The van der Waals surface area contributed by atoms with E-state index in [1.165, 1.54) is 25.7 Å². The molecule has 20 heavy (non-hydrogen) atoms. The van der Waals surface area contributed by atoms with Crippen LogP contribution in [0.4, 0.5) is 0 Å². The van der Waals surface area contributed by atoms with Crippen LogP contribution in [0.25, 0.3) is 0 Å². The monoisotopic (exact) mass is 279 g/mol. The summed E-state index contributed by atoms with van der Waals surface area (Å²) in [6.07, 6.45) is 7.15. The number of aliphatic imine (C=N–C) groups is 1. The smallest absolute Gasteiger partial charge is 0.189 e. The zero-order valence-corrected chi connectivity index (χ0v) is 12.4. The molecule has 0 radical (unpaired) electrons. The molecular formula is C14H25N5O. The second kappa shape index (κ2) is 7.28. The van der Waals surface area contributed by atoms with Crippen LogP contribution in [0.3, 0.4) is 0 Å². The molecule has 1 aliphatic rings. The number of nitrogens with two attached hydrogens (primary N) is 1. The van der Waals surface area contributed by atoms with Crippen molar-refractivity contribution in [2.24, 2.45) is 10.7 Å². The summed E-state index contributed by atoms with van der Waals surface area (Å²) in [5.41, 5.74) is 6.79. The van der Waals surface area contributed by atoms with Gasteiger partial charge in [0.2, 0.25) is 0 Å². The van der Waals surface area contributed by atoms with Gasteiger partial charge in [0, 0.05) is 19.3 Å². The maximum absolute atomic E-state index is 5.83. The van der Waals surface area contributed by atoms with E-state index in [1.54, 1.807) is 7.11 Å². The van der Waals surface area contributed by atoms with E-state index in [0.717, 1.165) is 5.69 Å². The van der Waals surface area contributed by atoms with Crippen LogP contribution in [-0.4, -0.2) is 35.5 Å². The van der Waals surface area contributed by atoms with Crippen molar-refractivity contribution in [2.75, 3.05) is 13.7 Å². The van der Waals surface area contributed by atoms with Gasteiger partial charge in [-0.15, -0.1) is 0 Å². The largest absolute Gasteiger partial charge is 0.383 e. The molecule has 1 aromatic rings. The predicted molar refractivity (Wildman–Crippen MR) is 79.5 cm³/mol. The van der Waals surface area contributed by atoms with Gasteiger partial charge in [-0.05, 0) is 25.8 Å². The van der Waals surface area contributed by atoms with Gasteiger partial charge in [0.15, 0.2) is 5.96 Å². The van der Waals surface area contributed by atoms with Gasteiger partial charge in [-0.3, -0.25) is 4.68 Å². The standard InChI is InChI=1S/C14H25N5O/c1-11(10-20-2)17-14(15)16-9-12-7-8-19(18-12)13-5-3-4-6-13/h7-8,11,13H,3-6,9-10H2,1-2H3,(H3,15,16,17). The maximum atomic E-state index is 5.83. The molecule has 0 saturated heterocycles. The minimum Gasteiger partial charge on any atom is -0.383 e. The molecule has 0 amide bonds. The van der Waals surface area contributed by atoms with Gasteiger partial charge in [-0.2, -0.15) is 5.10 Å². The summed E-state index contributed by atoms with van der Waals surface area (Å²) in [5.74, 6) is 0.435. The van der Waals surface area contributed by atoms with Crippen molar-refractivity contribution in [2.45, 2.75) is 51.2 Å². The number of hydrogen-bond acceptors (Lipinski definition) is 3. The molecule has 2 rings (SSSR count). The van der Waals surface area contributed by atoms with Crippen LogP contribution >= 0.6 is 0 Å². The van der Waals surface area contributed by atoms with Crippen LogP contribution in [0, 0.1) is 0 Å². The second-order valence-corrected chi connectivity index (χ2v) is 5.43. The van der Waals surface area contributed by atoms with Crippen molar-refractivity contribution in [3.63, 3.8) is 0 Å². The van der Waals surface area contributed by atoms with E-state index in [0.29, 0.717) is 25.2 Å². The number of ether oxygens (including phenoxy) is 1. The van der Waals surface area contributed by atoms with Crippen LogP contribution in [-0.2, 0) is 11.3 Å². The minimum atomic E-state index is 0.153. The van der Waals surface area contributed by atoms with E-state index in [-0.39, 0.29) is 6.04 Å². The summed E-state index contributed by atoms with van der Waals surface area (Å²) in [7, 11) is 1.67. The van der Waals surface area contributed by atoms with Crippen molar-refractivity contribution in [1.82, 2.24) is 15.1 Å². The van der Waals surface area contributed by atoms with E-state index in [9.17, 15) is 0 Å². The SMILES string of the molecule is COCC(C)NC(N)=NCc1ccn(C2CCCC2)n1. The first-order valence-electron chi connectivity index (χ1n) is 7.28. The third-order valence-electron chi connectivity index (χ3n) is 3.58. The molecule has 6 heteroatoms. The van der Waals surface area contributed by atoms with Crippen molar-refractivity contribution in [3.05, 3.63) is 18.0 Å². The Bertz CT molecular complexity index is 437. The topological polar surface area (TPSA) is 77.5 Å². The van der Waals surface area contributed by atoms with Crippen LogP contribution in [0.2, 0.25) is 0 Å². The molecule has 112 valence electrons. The second-order valence-electron chi connectivity index (χ2n) is 5.43. The summed E-state index contributed by atoms with van der Waals surface area (Å²) in [5, 5.41) is 7.66. The van der Waals surface area contributed by atoms with Crippen molar-refractivity contribution in [3.8, 4) is 0 Å².